The van der Waals surface area contributed by atoms with Crippen molar-refractivity contribution >= 4 is 17.0 Å². The summed E-state index contributed by atoms with van der Waals surface area (Å²) in [5.41, 5.74) is 1.34. The molecule has 2 aromatic rings. The van der Waals surface area contributed by atoms with Crippen LogP contribution in [-0.2, 0) is 4.79 Å². The van der Waals surface area contributed by atoms with Gasteiger partial charge in [-0.3, -0.25) is 4.84 Å². The van der Waals surface area contributed by atoms with Crippen LogP contribution in [0.25, 0.3) is 11.0 Å². The third-order valence-corrected chi connectivity index (χ3v) is 1.61. The predicted octanol–water partition coefficient (Wildman–Crippen LogP) is 0.572. The molecule has 0 radical (unpaired) electrons. The van der Waals surface area contributed by atoms with Crippen molar-refractivity contribution in [3.05, 3.63) is 36.9 Å². The van der Waals surface area contributed by atoms with Gasteiger partial charge in [0.1, 0.15) is 11.0 Å². The molecule has 0 amide bonds. The Morgan fingerprint density at radius 2 is 1.93 bits per heavy atom. The van der Waals surface area contributed by atoms with Crippen molar-refractivity contribution < 1.29 is 9.63 Å². The highest BCUT2D eigenvalue weighted by Crippen LogP contribution is 2.05. The average Bonchev–Trinajstić information content (AvgIpc) is 2.59. The standard InChI is InChI=1S/C9H7N3O2/c1-2-9(13)14-12-10-7-5-3-4-6-8(7)11-12/h2-6H,1H2. The Balaban J connectivity index is 2.35. The van der Waals surface area contributed by atoms with Crippen molar-refractivity contribution in [1.82, 2.24) is 15.2 Å². The number of rotatable bonds is 2. The molecule has 5 heteroatoms. The van der Waals surface area contributed by atoms with Crippen LogP contribution in [0.4, 0.5) is 0 Å². The Labute approximate surface area is 79.5 Å². The molecular formula is C9H7N3O2. The lowest BCUT2D eigenvalue weighted by Crippen LogP contribution is -2.19. The molecule has 0 atom stereocenters. The predicted molar refractivity (Wildman–Crippen MR) is 49.3 cm³/mol. The van der Waals surface area contributed by atoms with E-state index in [0.29, 0.717) is 11.0 Å². The first-order valence-corrected chi connectivity index (χ1v) is 3.96. The molecule has 0 fully saturated rings. The van der Waals surface area contributed by atoms with E-state index >= 15 is 0 Å². The van der Waals surface area contributed by atoms with Crippen LogP contribution in [-0.4, -0.2) is 21.1 Å². The number of fused-ring (bicyclic) bond motifs is 1. The minimum absolute atomic E-state index is 0.592. The molecule has 0 unspecified atom stereocenters. The third-order valence-electron chi connectivity index (χ3n) is 1.61. The van der Waals surface area contributed by atoms with Gasteiger partial charge in [0, 0.05) is 11.0 Å². The van der Waals surface area contributed by atoms with Crippen molar-refractivity contribution in [1.29, 1.82) is 0 Å². The lowest BCUT2D eigenvalue weighted by atomic mass is 10.3. The van der Waals surface area contributed by atoms with Crippen LogP contribution in [0.5, 0.6) is 0 Å². The van der Waals surface area contributed by atoms with Crippen LogP contribution >= 0.6 is 0 Å². The number of hydrogen-bond acceptors (Lipinski definition) is 4. The second-order valence-electron chi connectivity index (χ2n) is 2.56. The molecule has 70 valence electrons. The summed E-state index contributed by atoms with van der Waals surface area (Å²) in [6.45, 7) is 3.27. The third kappa shape index (κ3) is 1.47. The first-order valence-electron chi connectivity index (χ1n) is 3.96. The summed E-state index contributed by atoms with van der Waals surface area (Å²) in [7, 11) is 0. The van der Waals surface area contributed by atoms with E-state index < -0.39 is 5.97 Å². The largest absolute Gasteiger partial charge is 0.359 e. The van der Waals surface area contributed by atoms with Gasteiger partial charge in [-0.05, 0) is 12.1 Å². The SMILES string of the molecule is C=CC(=O)On1nc2ccccc2n1. The Hall–Kier alpha value is -2.17. The molecule has 0 aliphatic rings. The quantitative estimate of drug-likeness (QED) is 0.648. The fourth-order valence-electron chi connectivity index (χ4n) is 0.999. The molecule has 1 heterocycles. The van der Waals surface area contributed by atoms with E-state index in [4.69, 9.17) is 0 Å². The van der Waals surface area contributed by atoms with Gasteiger partial charge in [0.15, 0.2) is 0 Å². The number of nitrogens with zero attached hydrogens (tertiary/aromatic N) is 3. The normalized spacial score (nSPS) is 10.0. The van der Waals surface area contributed by atoms with Gasteiger partial charge >= 0.3 is 5.97 Å². The highest BCUT2D eigenvalue weighted by Gasteiger charge is 2.03. The minimum Gasteiger partial charge on any atom is -0.297 e. The highest BCUT2D eigenvalue weighted by molar-refractivity contribution is 5.81. The lowest BCUT2D eigenvalue weighted by molar-refractivity contribution is -0.141. The maximum Gasteiger partial charge on any atom is 0.359 e. The summed E-state index contributed by atoms with van der Waals surface area (Å²) in [6.07, 6.45) is 1.05. The molecule has 2 rings (SSSR count). The summed E-state index contributed by atoms with van der Waals surface area (Å²) in [4.78, 5) is 16.4. The summed E-state index contributed by atoms with van der Waals surface area (Å²) >= 11 is 0. The van der Waals surface area contributed by atoms with E-state index in [2.05, 4.69) is 21.6 Å². The first-order chi connectivity index (χ1) is 6.79. The topological polar surface area (TPSA) is 57.0 Å². The van der Waals surface area contributed by atoms with Crippen molar-refractivity contribution in [2.75, 3.05) is 0 Å². The first kappa shape index (κ1) is 8.43. The summed E-state index contributed by atoms with van der Waals surface area (Å²) in [6, 6.07) is 7.22. The number of aromatic nitrogens is 3. The van der Waals surface area contributed by atoms with Crippen LogP contribution < -0.4 is 4.84 Å². The average molecular weight is 189 g/mol. The molecule has 0 N–H and O–H groups in total. The minimum atomic E-state index is -0.592. The number of carbonyl (C=O) groups excluding carboxylic acids is 1. The van der Waals surface area contributed by atoms with Crippen molar-refractivity contribution in [2.24, 2.45) is 0 Å². The second-order valence-corrected chi connectivity index (χ2v) is 2.56. The molecule has 0 bridgehead atoms. The van der Waals surface area contributed by atoms with Crippen LogP contribution in [0.3, 0.4) is 0 Å². The van der Waals surface area contributed by atoms with E-state index in [1.807, 2.05) is 12.1 Å². The van der Waals surface area contributed by atoms with Gasteiger partial charge in [0.25, 0.3) is 0 Å². The number of benzene rings is 1. The molecule has 14 heavy (non-hydrogen) atoms. The van der Waals surface area contributed by atoms with Crippen molar-refractivity contribution in [2.45, 2.75) is 0 Å². The van der Waals surface area contributed by atoms with Gasteiger partial charge in [-0.15, -0.1) is 10.2 Å². The zero-order valence-electron chi connectivity index (χ0n) is 7.25. The fraction of sp³-hybridized carbons (Fsp3) is 0. The zero-order valence-corrected chi connectivity index (χ0v) is 7.25. The Kier molecular flexibility index (Phi) is 1.98. The van der Waals surface area contributed by atoms with Crippen LogP contribution in [0.15, 0.2) is 36.9 Å². The molecule has 0 saturated heterocycles. The molecule has 0 saturated carbocycles. The Morgan fingerprint density at radius 3 is 2.43 bits per heavy atom. The summed E-state index contributed by atoms with van der Waals surface area (Å²) in [5.74, 6) is -0.592. The molecular weight excluding hydrogens is 182 g/mol. The number of hydrogen-bond donors (Lipinski definition) is 0. The van der Waals surface area contributed by atoms with Crippen molar-refractivity contribution in [3.8, 4) is 0 Å². The Bertz CT molecular complexity index is 457. The van der Waals surface area contributed by atoms with Crippen LogP contribution in [0.2, 0.25) is 0 Å². The van der Waals surface area contributed by atoms with Crippen LogP contribution in [0, 0.1) is 0 Å². The van der Waals surface area contributed by atoms with Gasteiger partial charge in [-0.1, -0.05) is 18.7 Å². The molecule has 5 nitrogen and oxygen atoms in total. The molecule has 1 aromatic carbocycles. The highest BCUT2D eigenvalue weighted by atomic mass is 16.7. The molecule has 0 aliphatic carbocycles. The number of carbonyl (C=O) groups is 1. The molecule has 1 aromatic heterocycles. The lowest BCUT2D eigenvalue weighted by Gasteiger charge is -1.93. The van der Waals surface area contributed by atoms with Crippen LogP contribution in [0.1, 0.15) is 0 Å². The maximum atomic E-state index is 10.8. The van der Waals surface area contributed by atoms with Crippen molar-refractivity contribution in [3.63, 3.8) is 0 Å². The van der Waals surface area contributed by atoms with E-state index in [1.54, 1.807) is 12.1 Å². The van der Waals surface area contributed by atoms with E-state index in [9.17, 15) is 4.79 Å². The fourth-order valence-corrected chi connectivity index (χ4v) is 0.999. The summed E-state index contributed by atoms with van der Waals surface area (Å²) in [5, 5.41) is 7.83. The van der Waals surface area contributed by atoms with Gasteiger partial charge in [-0.2, -0.15) is 0 Å². The second kappa shape index (κ2) is 3.29. The van der Waals surface area contributed by atoms with Gasteiger partial charge < -0.3 is 0 Å². The zero-order chi connectivity index (χ0) is 9.97. The smallest absolute Gasteiger partial charge is 0.297 e. The van der Waals surface area contributed by atoms with Gasteiger partial charge in [0.2, 0.25) is 0 Å². The van der Waals surface area contributed by atoms with E-state index in [-0.39, 0.29) is 0 Å². The van der Waals surface area contributed by atoms with Gasteiger partial charge in [0.05, 0.1) is 0 Å². The molecule has 0 aliphatic heterocycles. The van der Waals surface area contributed by atoms with E-state index in [1.165, 1.54) is 0 Å². The summed E-state index contributed by atoms with van der Waals surface area (Å²) < 4.78 is 0. The Morgan fingerprint density at radius 1 is 1.36 bits per heavy atom. The van der Waals surface area contributed by atoms with E-state index in [0.717, 1.165) is 11.0 Å². The monoisotopic (exact) mass is 189 g/mol. The van der Waals surface area contributed by atoms with Gasteiger partial charge in [-0.25, -0.2) is 4.79 Å². The maximum absolute atomic E-state index is 10.8. The molecule has 0 spiro atoms.